The lowest BCUT2D eigenvalue weighted by molar-refractivity contribution is -0.132. The zero-order valence-electron chi connectivity index (χ0n) is 16.0. The van der Waals surface area contributed by atoms with Crippen LogP contribution in [0.4, 0.5) is 0 Å². The third-order valence-corrected chi connectivity index (χ3v) is 5.99. The largest absolute Gasteiger partial charge is 0.493 e. The van der Waals surface area contributed by atoms with E-state index in [2.05, 4.69) is 0 Å². The van der Waals surface area contributed by atoms with E-state index >= 15 is 0 Å². The molecule has 5 nitrogen and oxygen atoms in total. The van der Waals surface area contributed by atoms with Crippen LogP contribution >= 0.6 is 11.3 Å². The second kappa shape index (κ2) is 8.57. The smallest absolute Gasteiger partial charge is 0.223 e. The summed E-state index contributed by atoms with van der Waals surface area (Å²) in [6.07, 6.45) is 2.38. The first-order valence-corrected chi connectivity index (χ1v) is 9.96. The molecule has 0 saturated carbocycles. The molecule has 1 aliphatic rings. The highest BCUT2D eigenvalue weighted by atomic mass is 32.1. The Kier molecular flexibility index (Phi) is 6.16. The average Bonchev–Trinajstić information content (AvgIpc) is 3.34. The Balaban J connectivity index is 1.66. The predicted molar refractivity (Wildman–Crippen MR) is 106 cm³/mol. The van der Waals surface area contributed by atoms with Crippen molar-refractivity contribution in [3.8, 4) is 11.5 Å². The molecule has 1 aromatic carbocycles. The molecular formula is C21H25NO4S. The van der Waals surface area contributed by atoms with Crippen molar-refractivity contribution < 1.29 is 19.1 Å². The minimum atomic E-state index is 0.0244. The summed E-state index contributed by atoms with van der Waals surface area (Å²) in [6.45, 7) is 2.70. The van der Waals surface area contributed by atoms with Crippen molar-refractivity contribution in [1.82, 2.24) is 4.90 Å². The van der Waals surface area contributed by atoms with E-state index < -0.39 is 0 Å². The fourth-order valence-corrected chi connectivity index (χ4v) is 4.38. The average molecular weight is 388 g/mol. The molecule has 1 amide bonds. The highest BCUT2D eigenvalue weighted by Crippen LogP contribution is 2.37. The van der Waals surface area contributed by atoms with Crippen molar-refractivity contribution in [3.05, 3.63) is 45.6 Å². The third kappa shape index (κ3) is 4.33. The summed E-state index contributed by atoms with van der Waals surface area (Å²) in [5.74, 6) is 1.42. The number of carbonyl (C=O) groups excluding carboxylic acids is 2. The lowest BCUT2D eigenvalue weighted by Gasteiger charge is -2.25. The van der Waals surface area contributed by atoms with Crippen molar-refractivity contribution in [2.24, 2.45) is 0 Å². The van der Waals surface area contributed by atoms with Gasteiger partial charge in [-0.1, -0.05) is 6.07 Å². The van der Waals surface area contributed by atoms with Gasteiger partial charge in [0.25, 0.3) is 0 Å². The van der Waals surface area contributed by atoms with E-state index in [4.69, 9.17) is 9.47 Å². The molecule has 1 unspecified atom stereocenters. The first-order chi connectivity index (χ1) is 13.0. The van der Waals surface area contributed by atoms with Gasteiger partial charge in [0.2, 0.25) is 5.91 Å². The molecular weight excluding hydrogens is 362 g/mol. The van der Waals surface area contributed by atoms with Crippen LogP contribution in [0.25, 0.3) is 0 Å². The number of benzene rings is 1. The molecule has 6 heteroatoms. The SMILES string of the molecule is COc1ccc(C2CCCN2C(=O)CCC(=O)c2ccc(C)s2)cc1OC. The molecule has 27 heavy (non-hydrogen) atoms. The molecule has 0 aliphatic carbocycles. The molecule has 144 valence electrons. The second-order valence-corrected chi connectivity index (χ2v) is 7.98. The number of Topliss-reactive ketones (excluding diaryl/α,β-unsaturated/α-hetero) is 1. The second-order valence-electron chi connectivity index (χ2n) is 6.69. The van der Waals surface area contributed by atoms with E-state index in [9.17, 15) is 9.59 Å². The van der Waals surface area contributed by atoms with Gasteiger partial charge >= 0.3 is 0 Å². The van der Waals surface area contributed by atoms with Crippen LogP contribution in [0, 0.1) is 6.92 Å². The molecule has 0 bridgehead atoms. The number of hydrogen-bond donors (Lipinski definition) is 0. The van der Waals surface area contributed by atoms with Crippen LogP contribution in [0.3, 0.4) is 0 Å². The van der Waals surface area contributed by atoms with Crippen molar-refractivity contribution in [2.45, 2.75) is 38.6 Å². The van der Waals surface area contributed by atoms with Crippen molar-refractivity contribution in [2.75, 3.05) is 20.8 Å². The van der Waals surface area contributed by atoms with Gasteiger partial charge in [0, 0.05) is 24.3 Å². The Morgan fingerprint density at radius 3 is 2.56 bits per heavy atom. The number of ether oxygens (including phenoxy) is 2. The maximum absolute atomic E-state index is 12.8. The zero-order valence-corrected chi connectivity index (χ0v) is 16.8. The van der Waals surface area contributed by atoms with E-state index in [1.165, 1.54) is 11.3 Å². The van der Waals surface area contributed by atoms with Crippen molar-refractivity contribution in [1.29, 1.82) is 0 Å². The standard InChI is InChI=1S/C21H25NO4S/c1-14-6-10-20(27-14)17(23)8-11-21(24)22-12-4-5-16(22)15-7-9-18(25-2)19(13-15)26-3/h6-7,9-10,13,16H,4-5,8,11-12H2,1-3H3. The summed E-state index contributed by atoms with van der Waals surface area (Å²) in [4.78, 5) is 28.8. The molecule has 0 radical (unpaired) electrons. The van der Waals surface area contributed by atoms with Gasteiger partial charge in [-0.2, -0.15) is 0 Å². The summed E-state index contributed by atoms with van der Waals surface area (Å²) >= 11 is 1.48. The van der Waals surface area contributed by atoms with Crippen molar-refractivity contribution >= 4 is 23.0 Å². The minimum absolute atomic E-state index is 0.0244. The summed E-state index contributed by atoms with van der Waals surface area (Å²) in [5.41, 5.74) is 1.04. The molecule has 2 aromatic rings. The lowest BCUT2D eigenvalue weighted by atomic mass is 10.0. The molecule has 3 rings (SSSR count). The Morgan fingerprint density at radius 2 is 1.89 bits per heavy atom. The number of ketones is 1. The molecule has 2 heterocycles. The maximum Gasteiger partial charge on any atom is 0.223 e. The number of aryl methyl sites for hydroxylation is 1. The summed E-state index contributed by atoms with van der Waals surface area (Å²) in [6, 6.07) is 9.60. The fraction of sp³-hybridized carbons (Fsp3) is 0.429. The first-order valence-electron chi connectivity index (χ1n) is 9.14. The van der Waals surface area contributed by atoms with Gasteiger partial charge in [0.05, 0.1) is 25.1 Å². The highest BCUT2D eigenvalue weighted by molar-refractivity contribution is 7.14. The Bertz CT molecular complexity index is 829. The van der Waals surface area contributed by atoms with Gasteiger partial charge < -0.3 is 14.4 Å². The Hall–Kier alpha value is -2.34. The minimum Gasteiger partial charge on any atom is -0.493 e. The van der Waals surface area contributed by atoms with E-state index in [-0.39, 0.29) is 30.6 Å². The normalized spacial score (nSPS) is 16.4. The van der Waals surface area contributed by atoms with E-state index in [0.29, 0.717) is 11.5 Å². The first kappa shape index (κ1) is 19.4. The molecule has 0 spiro atoms. The zero-order chi connectivity index (χ0) is 19.4. The van der Waals surface area contributed by atoms with Crippen LogP contribution in [0.15, 0.2) is 30.3 Å². The number of carbonyl (C=O) groups is 2. The number of thiophene rings is 1. The molecule has 0 N–H and O–H groups in total. The van der Waals surface area contributed by atoms with Crippen LogP contribution < -0.4 is 9.47 Å². The third-order valence-electron chi connectivity index (χ3n) is 4.95. The van der Waals surface area contributed by atoms with Crippen LogP contribution in [-0.2, 0) is 4.79 Å². The van der Waals surface area contributed by atoms with Gasteiger partial charge in [-0.15, -0.1) is 11.3 Å². The molecule has 1 fully saturated rings. The van der Waals surface area contributed by atoms with Crippen LogP contribution in [-0.4, -0.2) is 37.4 Å². The predicted octanol–water partition coefficient (Wildman–Crippen LogP) is 4.40. The van der Waals surface area contributed by atoms with E-state index in [1.54, 1.807) is 14.2 Å². The number of amides is 1. The molecule has 1 aromatic heterocycles. The van der Waals surface area contributed by atoms with Gasteiger partial charge in [-0.25, -0.2) is 0 Å². The number of likely N-dealkylation sites (tertiary alicyclic amines) is 1. The monoisotopic (exact) mass is 387 g/mol. The molecule has 1 atom stereocenters. The number of methoxy groups -OCH3 is 2. The Labute approximate surface area is 163 Å². The van der Waals surface area contributed by atoms with Crippen LogP contribution in [0.1, 0.15) is 51.8 Å². The van der Waals surface area contributed by atoms with Gasteiger partial charge in [0.1, 0.15) is 0 Å². The topological polar surface area (TPSA) is 55.8 Å². The van der Waals surface area contributed by atoms with Crippen LogP contribution in [0.2, 0.25) is 0 Å². The quantitative estimate of drug-likeness (QED) is 0.661. The Morgan fingerprint density at radius 1 is 1.11 bits per heavy atom. The van der Waals surface area contributed by atoms with Gasteiger partial charge in [0.15, 0.2) is 17.3 Å². The fourth-order valence-electron chi connectivity index (χ4n) is 3.54. The van der Waals surface area contributed by atoms with Crippen molar-refractivity contribution in [3.63, 3.8) is 0 Å². The summed E-state index contributed by atoms with van der Waals surface area (Å²) in [7, 11) is 3.21. The van der Waals surface area contributed by atoms with E-state index in [0.717, 1.165) is 34.7 Å². The highest BCUT2D eigenvalue weighted by Gasteiger charge is 2.30. The molecule has 1 aliphatic heterocycles. The van der Waals surface area contributed by atoms with Gasteiger partial charge in [-0.3, -0.25) is 9.59 Å². The number of hydrogen-bond acceptors (Lipinski definition) is 5. The number of rotatable bonds is 7. The summed E-state index contributed by atoms with van der Waals surface area (Å²) in [5, 5.41) is 0. The van der Waals surface area contributed by atoms with E-state index in [1.807, 2.05) is 42.2 Å². The summed E-state index contributed by atoms with van der Waals surface area (Å²) < 4.78 is 10.7. The number of nitrogens with zero attached hydrogens (tertiary/aromatic N) is 1. The lowest BCUT2D eigenvalue weighted by Crippen LogP contribution is -2.30. The maximum atomic E-state index is 12.8. The van der Waals surface area contributed by atoms with Gasteiger partial charge in [-0.05, 0) is 49.6 Å². The molecule has 1 saturated heterocycles. The van der Waals surface area contributed by atoms with Crippen LogP contribution in [0.5, 0.6) is 11.5 Å².